The van der Waals surface area contributed by atoms with Crippen LogP contribution in [0.15, 0.2) is 65.3 Å². The zero-order valence-corrected chi connectivity index (χ0v) is 17.4. The van der Waals surface area contributed by atoms with Crippen molar-refractivity contribution in [3.05, 3.63) is 72.1 Å². The number of rotatable bonds is 2. The highest BCUT2D eigenvalue weighted by molar-refractivity contribution is 6.17. The van der Waals surface area contributed by atoms with Gasteiger partial charge < -0.3 is 4.42 Å². The first-order chi connectivity index (χ1) is 15.0. The summed E-state index contributed by atoms with van der Waals surface area (Å²) in [4.78, 5) is 4.58. The zero-order valence-electron chi connectivity index (χ0n) is 18.4. The second-order valence-electron chi connectivity index (χ2n) is 8.51. The van der Waals surface area contributed by atoms with Crippen LogP contribution in [-0.2, 0) is 7.05 Å². The first kappa shape index (κ1) is 16.6. The summed E-state index contributed by atoms with van der Waals surface area (Å²) in [6.07, 6.45) is 8.15. The molecular weight excluding hydrogens is 368 g/mol. The first-order valence-electron chi connectivity index (χ1n) is 11.2. The van der Waals surface area contributed by atoms with Gasteiger partial charge in [-0.15, -0.1) is 0 Å². The average Bonchev–Trinajstić information content (AvgIpc) is 3.38. The molecule has 1 fully saturated rings. The van der Waals surface area contributed by atoms with Crippen molar-refractivity contribution in [2.24, 2.45) is 7.05 Å². The van der Waals surface area contributed by atoms with Gasteiger partial charge >= 0.3 is 0 Å². The first-order valence-corrected chi connectivity index (χ1v) is 10.7. The van der Waals surface area contributed by atoms with Crippen molar-refractivity contribution in [3.63, 3.8) is 0 Å². The molecule has 0 aliphatic heterocycles. The van der Waals surface area contributed by atoms with Gasteiger partial charge in [-0.05, 0) is 54.3 Å². The van der Waals surface area contributed by atoms with E-state index in [1.807, 2.05) is 12.3 Å². The number of fused-ring (bicyclic) bond motifs is 5. The van der Waals surface area contributed by atoms with Crippen LogP contribution in [0.2, 0.25) is 0 Å². The molecule has 30 heavy (non-hydrogen) atoms. The lowest BCUT2D eigenvalue weighted by molar-refractivity contribution is -0.660. The minimum Gasteiger partial charge on any atom is -0.438 e. The van der Waals surface area contributed by atoms with Crippen molar-refractivity contribution >= 4 is 32.8 Å². The highest BCUT2D eigenvalue weighted by Crippen LogP contribution is 2.38. The Labute approximate surface area is 177 Å². The molecule has 0 unspecified atom stereocenters. The summed E-state index contributed by atoms with van der Waals surface area (Å²) in [7, 11) is 2.07. The largest absolute Gasteiger partial charge is 0.438 e. The van der Waals surface area contributed by atoms with Crippen molar-refractivity contribution in [1.82, 2.24) is 4.98 Å². The van der Waals surface area contributed by atoms with Crippen LogP contribution in [0.5, 0.6) is 0 Å². The van der Waals surface area contributed by atoms with Gasteiger partial charge in [-0.3, -0.25) is 0 Å². The Morgan fingerprint density at radius 3 is 2.77 bits per heavy atom. The van der Waals surface area contributed by atoms with Crippen molar-refractivity contribution in [3.8, 4) is 11.3 Å². The molecule has 6 rings (SSSR count). The molecule has 1 aliphatic carbocycles. The number of hydrogen-bond acceptors (Lipinski definition) is 2. The number of aryl methyl sites for hydroxylation is 2. The Morgan fingerprint density at radius 1 is 1.07 bits per heavy atom. The zero-order chi connectivity index (χ0) is 21.2. The fourth-order valence-electron chi connectivity index (χ4n) is 4.98. The topological polar surface area (TPSA) is 29.9 Å². The molecule has 3 nitrogen and oxygen atoms in total. The van der Waals surface area contributed by atoms with Crippen LogP contribution in [0.3, 0.4) is 0 Å². The van der Waals surface area contributed by atoms with Gasteiger partial charge in [-0.1, -0.05) is 37.1 Å². The summed E-state index contributed by atoms with van der Waals surface area (Å²) >= 11 is 0. The van der Waals surface area contributed by atoms with Crippen LogP contribution in [0.4, 0.5) is 0 Å². The van der Waals surface area contributed by atoms with E-state index in [0.717, 1.165) is 64.2 Å². The van der Waals surface area contributed by atoms with Gasteiger partial charge in [-0.25, -0.2) is 9.55 Å². The highest BCUT2D eigenvalue weighted by atomic mass is 16.3. The monoisotopic (exact) mass is 394 g/mol. The second-order valence-corrected chi connectivity index (χ2v) is 8.51. The van der Waals surface area contributed by atoms with E-state index in [1.54, 1.807) is 0 Å². The molecule has 1 aliphatic rings. The van der Waals surface area contributed by atoms with Crippen molar-refractivity contribution in [2.45, 2.75) is 38.5 Å². The van der Waals surface area contributed by atoms with E-state index in [9.17, 15) is 0 Å². The quantitative estimate of drug-likeness (QED) is 0.316. The molecule has 0 amide bonds. The fraction of sp³-hybridized carbons (Fsp3) is 0.259. The lowest BCUT2D eigenvalue weighted by Gasteiger charge is -2.11. The summed E-state index contributed by atoms with van der Waals surface area (Å²) in [5.41, 5.74) is 6.11. The van der Waals surface area contributed by atoms with Crippen molar-refractivity contribution < 1.29 is 10.4 Å². The maximum Gasteiger partial charge on any atom is 0.227 e. The van der Waals surface area contributed by atoms with E-state index in [2.05, 4.69) is 72.2 Å². The number of aromatic nitrogens is 2. The lowest BCUT2D eigenvalue weighted by atomic mass is 9.95. The predicted octanol–water partition coefficient (Wildman–Crippen LogP) is 6.59. The Balaban J connectivity index is 1.58. The van der Waals surface area contributed by atoms with E-state index in [0.29, 0.717) is 5.71 Å². The number of pyridine rings is 2. The molecule has 0 atom stereocenters. The van der Waals surface area contributed by atoms with E-state index < -0.39 is 5.89 Å². The van der Waals surface area contributed by atoms with Crippen LogP contribution >= 0.6 is 0 Å². The summed E-state index contributed by atoms with van der Waals surface area (Å²) in [5.74, 6) is -0.455. The van der Waals surface area contributed by atoms with Crippen LogP contribution in [-0.4, -0.2) is 4.98 Å². The lowest BCUT2D eigenvalue weighted by Crippen LogP contribution is -2.31. The maximum absolute atomic E-state index is 8.95. The van der Waals surface area contributed by atoms with Gasteiger partial charge in [0.15, 0.2) is 6.20 Å². The summed E-state index contributed by atoms with van der Waals surface area (Å²) < 4.78 is 17.3. The summed E-state index contributed by atoms with van der Waals surface area (Å²) in [6.45, 7) is 2.16. The molecule has 0 radical (unpaired) electrons. The Bertz CT molecular complexity index is 1480. The van der Waals surface area contributed by atoms with E-state index >= 15 is 0 Å². The standard InChI is InChI=1S/C27H25N2O/c1-17-13-23-25(30-27-26(23)21-10-6-5-9-20(21)16-28-27)15-22(17)24-14-19(11-12-29(24)2)18-7-3-4-8-18/h5-6,9-16,18H,3-4,7-8H2,1-2H3/q+1/i18D. The van der Waals surface area contributed by atoms with E-state index in [-0.39, 0.29) is 0 Å². The SMILES string of the molecule is [2H]C1(c2cc[n+](C)c(-c3cc4oc5ncc6ccccc6c5c4cc3C)c2)CCCC1. The number of nitrogens with zero attached hydrogens (tertiary/aromatic N) is 2. The molecule has 0 saturated heterocycles. The molecule has 2 aromatic carbocycles. The number of benzene rings is 2. The maximum atomic E-state index is 8.95. The third-order valence-corrected chi connectivity index (χ3v) is 6.61. The molecule has 148 valence electrons. The van der Waals surface area contributed by atoms with Crippen molar-refractivity contribution in [2.75, 3.05) is 0 Å². The van der Waals surface area contributed by atoms with Crippen LogP contribution < -0.4 is 4.57 Å². The molecule has 0 spiro atoms. The fourth-order valence-corrected chi connectivity index (χ4v) is 4.98. The van der Waals surface area contributed by atoms with Gasteiger partial charge in [0.1, 0.15) is 12.6 Å². The van der Waals surface area contributed by atoms with E-state index in [4.69, 9.17) is 5.79 Å². The molecule has 0 N–H and O–H groups in total. The molecule has 3 heterocycles. The molecule has 0 bridgehead atoms. The van der Waals surface area contributed by atoms with Crippen molar-refractivity contribution in [1.29, 1.82) is 0 Å². The predicted molar refractivity (Wildman–Crippen MR) is 122 cm³/mol. The third kappa shape index (κ3) is 2.65. The summed E-state index contributed by atoms with van der Waals surface area (Å²) in [5, 5.41) is 4.48. The summed E-state index contributed by atoms with van der Waals surface area (Å²) in [6, 6.07) is 17.0. The van der Waals surface area contributed by atoms with Crippen LogP contribution in [0.1, 0.15) is 44.1 Å². The van der Waals surface area contributed by atoms with Gasteiger partial charge in [0.05, 0.1) is 10.9 Å². The molecule has 5 aromatic rings. The second kappa shape index (κ2) is 6.66. The molecule has 3 heteroatoms. The molecule has 1 saturated carbocycles. The third-order valence-electron chi connectivity index (χ3n) is 6.61. The van der Waals surface area contributed by atoms with E-state index in [1.165, 1.54) is 10.9 Å². The minimum atomic E-state index is -0.455. The Hall–Kier alpha value is -3.20. The molecular formula is C27H25N2O+. The van der Waals surface area contributed by atoms with Gasteiger partial charge in [-0.2, -0.15) is 0 Å². The smallest absolute Gasteiger partial charge is 0.227 e. The van der Waals surface area contributed by atoms with Crippen LogP contribution in [0.25, 0.3) is 44.1 Å². The Morgan fingerprint density at radius 2 is 1.90 bits per heavy atom. The highest BCUT2D eigenvalue weighted by Gasteiger charge is 2.22. The number of furan rings is 1. The average molecular weight is 395 g/mol. The normalized spacial score (nSPS) is 16.5. The number of hydrogen-bond donors (Lipinski definition) is 0. The van der Waals surface area contributed by atoms with Crippen LogP contribution in [0, 0.1) is 6.92 Å². The van der Waals surface area contributed by atoms with Gasteiger partial charge in [0.25, 0.3) is 0 Å². The minimum absolute atomic E-state index is 0.455. The Kier molecular flexibility index (Phi) is 3.68. The van der Waals surface area contributed by atoms with Gasteiger partial charge in [0.2, 0.25) is 11.4 Å². The molecule has 3 aromatic heterocycles. The van der Waals surface area contributed by atoms with Gasteiger partial charge in [0, 0.05) is 30.5 Å².